The highest BCUT2D eigenvalue weighted by Gasteiger charge is 2.05. The summed E-state index contributed by atoms with van der Waals surface area (Å²) >= 11 is 3.43. The Hall–Kier alpha value is -1.99. The number of hydrogen-bond donors (Lipinski definition) is 1. The van der Waals surface area contributed by atoms with Crippen LogP contribution in [0.1, 0.15) is 11.1 Å². The maximum absolute atomic E-state index is 13.5. The maximum Gasteiger partial charge on any atom is 0.148 e. The molecule has 0 heterocycles. The topological polar surface area (TPSA) is 21.3 Å². The van der Waals surface area contributed by atoms with E-state index in [0.29, 0.717) is 12.1 Å². The molecule has 2 rings (SSSR count). The van der Waals surface area contributed by atoms with Gasteiger partial charge in [-0.25, -0.2) is 4.39 Å². The quantitative estimate of drug-likeness (QED) is 0.802. The minimum atomic E-state index is -0.224. The summed E-state index contributed by atoms with van der Waals surface area (Å²) in [5, 5.41) is 3.18. The van der Waals surface area contributed by atoms with E-state index in [1.54, 1.807) is 13.0 Å². The van der Waals surface area contributed by atoms with Crippen LogP contribution < -0.4 is 10.1 Å². The molecule has 0 atom stereocenters. The van der Waals surface area contributed by atoms with E-state index in [9.17, 15) is 4.39 Å². The average molecular weight is 348 g/mol. The van der Waals surface area contributed by atoms with Crippen LogP contribution in [0.5, 0.6) is 5.75 Å². The molecule has 2 nitrogen and oxygen atoms in total. The van der Waals surface area contributed by atoms with Crippen molar-refractivity contribution in [2.24, 2.45) is 0 Å². The van der Waals surface area contributed by atoms with Crippen LogP contribution in [-0.2, 0) is 6.54 Å². The molecule has 2 aromatic carbocycles. The summed E-state index contributed by atoms with van der Waals surface area (Å²) < 4.78 is 20.0. The van der Waals surface area contributed by atoms with E-state index in [4.69, 9.17) is 11.2 Å². The lowest BCUT2D eigenvalue weighted by atomic mass is 10.2. The van der Waals surface area contributed by atoms with Gasteiger partial charge >= 0.3 is 0 Å². The number of halogens is 2. The second-order valence-corrected chi connectivity index (χ2v) is 5.48. The highest BCUT2D eigenvalue weighted by Crippen LogP contribution is 2.24. The Labute approximate surface area is 132 Å². The van der Waals surface area contributed by atoms with Crippen LogP contribution in [0.2, 0.25) is 0 Å². The predicted molar refractivity (Wildman–Crippen MR) is 86.9 cm³/mol. The largest absolute Gasteiger partial charge is 0.481 e. The molecule has 0 unspecified atom stereocenters. The molecule has 0 saturated carbocycles. The number of rotatable bonds is 5. The predicted octanol–water partition coefficient (Wildman–Crippen LogP) is 4.52. The molecule has 0 aromatic heterocycles. The van der Waals surface area contributed by atoms with Crippen LogP contribution >= 0.6 is 15.9 Å². The molecule has 0 fully saturated rings. The summed E-state index contributed by atoms with van der Waals surface area (Å²) in [7, 11) is 0. The lowest BCUT2D eigenvalue weighted by molar-refractivity contribution is 0.366. The van der Waals surface area contributed by atoms with Crippen molar-refractivity contribution in [3.63, 3.8) is 0 Å². The zero-order chi connectivity index (χ0) is 15.2. The monoisotopic (exact) mass is 347 g/mol. The van der Waals surface area contributed by atoms with Crippen LogP contribution in [0, 0.1) is 25.1 Å². The number of aryl methyl sites for hydroxylation is 1. The Balaban J connectivity index is 2.13. The third-order valence-corrected chi connectivity index (χ3v) is 3.48. The van der Waals surface area contributed by atoms with Gasteiger partial charge < -0.3 is 10.1 Å². The molecular weight excluding hydrogens is 333 g/mol. The van der Waals surface area contributed by atoms with E-state index in [-0.39, 0.29) is 12.4 Å². The van der Waals surface area contributed by atoms with E-state index >= 15 is 0 Å². The second kappa shape index (κ2) is 7.14. The average Bonchev–Trinajstić information content (AvgIpc) is 2.47. The number of hydrogen-bond acceptors (Lipinski definition) is 2. The summed E-state index contributed by atoms with van der Waals surface area (Å²) in [6.07, 6.45) is 5.21. The van der Waals surface area contributed by atoms with E-state index in [2.05, 4.69) is 27.2 Å². The van der Waals surface area contributed by atoms with Crippen molar-refractivity contribution in [1.29, 1.82) is 0 Å². The van der Waals surface area contributed by atoms with Crippen molar-refractivity contribution >= 4 is 21.6 Å². The van der Waals surface area contributed by atoms with Crippen molar-refractivity contribution < 1.29 is 9.13 Å². The third-order valence-electron chi connectivity index (χ3n) is 2.99. The fraction of sp³-hybridized carbons (Fsp3) is 0.176. The fourth-order valence-corrected chi connectivity index (χ4v) is 2.25. The van der Waals surface area contributed by atoms with E-state index in [1.807, 2.05) is 24.3 Å². The molecule has 0 spiro atoms. The fourth-order valence-electron chi connectivity index (χ4n) is 1.85. The number of anilines is 1. The van der Waals surface area contributed by atoms with Crippen LogP contribution in [0.4, 0.5) is 10.1 Å². The van der Waals surface area contributed by atoms with Crippen molar-refractivity contribution in [3.05, 3.63) is 57.8 Å². The highest BCUT2D eigenvalue weighted by atomic mass is 79.9. The normalized spacial score (nSPS) is 10.0. The zero-order valence-electron chi connectivity index (χ0n) is 11.6. The number of ether oxygens (including phenoxy) is 1. The Morgan fingerprint density at radius 1 is 1.29 bits per heavy atom. The first-order chi connectivity index (χ1) is 10.1. The molecule has 108 valence electrons. The Bertz CT molecular complexity index is 679. The molecule has 4 heteroatoms. The molecule has 0 aliphatic rings. The van der Waals surface area contributed by atoms with Crippen molar-refractivity contribution in [1.82, 2.24) is 0 Å². The van der Waals surface area contributed by atoms with Crippen LogP contribution in [0.3, 0.4) is 0 Å². The van der Waals surface area contributed by atoms with Crippen LogP contribution in [0.25, 0.3) is 0 Å². The SMILES string of the molecule is C#CCOc1ccc(Br)cc1CNc1ccc(C)c(F)c1. The summed E-state index contributed by atoms with van der Waals surface area (Å²) in [4.78, 5) is 0. The summed E-state index contributed by atoms with van der Waals surface area (Å²) in [6, 6.07) is 10.8. The number of benzene rings is 2. The van der Waals surface area contributed by atoms with Gasteiger partial charge in [-0.2, -0.15) is 0 Å². The molecule has 21 heavy (non-hydrogen) atoms. The van der Waals surface area contributed by atoms with Crippen LogP contribution in [-0.4, -0.2) is 6.61 Å². The minimum Gasteiger partial charge on any atom is -0.481 e. The molecule has 1 N–H and O–H groups in total. The van der Waals surface area contributed by atoms with Gasteiger partial charge in [-0.3, -0.25) is 0 Å². The third kappa shape index (κ3) is 4.24. The second-order valence-electron chi connectivity index (χ2n) is 4.56. The Morgan fingerprint density at radius 3 is 2.81 bits per heavy atom. The highest BCUT2D eigenvalue weighted by molar-refractivity contribution is 9.10. The first-order valence-electron chi connectivity index (χ1n) is 6.45. The molecule has 0 radical (unpaired) electrons. The van der Waals surface area contributed by atoms with Gasteiger partial charge in [0.25, 0.3) is 0 Å². The maximum atomic E-state index is 13.5. The first-order valence-corrected chi connectivity index (χ1v) is 7.24. The van der Waals surface area contributed by atoms with E-state index in [1.165, 1.54) is 6.07 Å². The minimum absolute atomic E-state index is 0.216. The molecule has 0 saturated heterocycles. The van der Waals surface area contributed by atoms with Crippen molar-refractivity contribution in [2.75, 3.05) is 11.9 Å². The summed E-state index contributed by atoms with van der Waals surface area (Å²) in [5.74, 6) is 2.94. The van der Waals surface area contributed by atoms with Crippen molar-refractivity contribution in [3.8, 4) is 18.1 Å². The van der Waals surface area contributed by atoms with Gasteiger partial charge in [-0.05, 0) is 42.8 Å². The molecular formula is C17H15BrFNO. The lowest BCUT2D eigenvalue weighted by Crippen LogP contribution is -2.04. The molecule has 2 aromatic rings. The van der Waals surface area contributed by atoms with Gasteiger partial charge in [0.2, 0.25) is 0 Å². The standard InChI is InChI=1S/C17H15BrFNO/c1-3-8-21-17-7-5-14(18)9-13(17)11-20-15-6-4-12(2)16(19)10-15/h1,4-7,9-10,20H,8,11H2,2H3. The summed E-state index contributed by atoms with van der Waals surface area (Å²) in [6.45, 7) is 2.47. The molecule has 0 bridgehead atoms. The van der Waals surface area contributed by atoms with Gasteiger partial charge in [0, 0.05) is 22.3 Å². The van der Waals surface area contributed by atoms with Crippen molar-refractivity contribution in [2.45, 2.75) is 13.5 Å². The summed E-state index contributed by atoms with van der Waals surface area (Å²) in [5.41, 5.74) is 2.29. The van der Waals surface area contributed by atoms with Gasteiger partial charge in [-0.1, -0.05) is 27.9 Å². The van der Waals surface area contributed by atoms with Crippen LogP contribution in [0.15, 0.2) is 40.9 Å². The van der Waals surface area contributed by atoms with Gasteiger partial charge in [0.05, 0.1) is 0 Å². The zero-order valence-corrected chi connectivity index (χ0v) is 13.2. The van der Waals surface area contributed by atoms with E-state index < -0.39 is 0 Å². The van der Waals surface area contributed by atoms with Gasteiger partial charge in [-0.15, -0.1) is 6.42 Å². The smallest absolute Gasteiger partial charge is 0.148 e. The Morgan fingerprint density at radius 2 is 2.10 bits per heavy atom. The molecule has 0 amide bonds. The van der Waals surface area contributed by atoms with Gasteiger partial charge in [0.1, 0.15) is 18.2 Å². The molecule has 0 aliphatic heterocycles. The Kier molecular flexibility index (Phi) is 5.24. The number of nitrogens with one attached hydrogen (secondary N) is 1. The number of terminal acetylenes is 1. The molecule has 0 aliphatic carbocycles. The lowest BCUT2D eigenvalue weighted by Gasteiger charge is -2.12. The first kappa shape index (κ1) is 15.4. The van der Waals surface area contributed by atoms with Gasteiger partial charge in [0.15, 0.2) is 0 Å². The van der Waals surface area contributed by atoms with E-state index in [0.717, 1.165) is 21.5 Å².